The molecule has 1 atom stereocenters. The number of nitro groups is 1. The molecule has 1 aromatic rings. The van der Waals surface area contributed by atoms with Crippen LogP contribution in [0.4, 0.5) is 11.4 Å². The number of sulfone groups is 1. The summed E-state index contributed by atoms with van der Waals surface area (Å²) in [6.45, 7) is 1.35. The molecule has 2 heterocycles. The van der Waals surface area contributed by atoms with Crippen molar-refractivity contribution in [2.75, 3.05) is 56.4 Å². The summed E-state index contributed by atoms with van der Waals surface area (Å²) in [5.74, 6) is -1.49. The first-order chi connectivity index (χ1) is 14.2. The first-order valence-corrected chi connectivity index (χ1v) is 11.2. The Balaban J connectivity index is 1.71. The van der Waals surface area contributed by atoms with E-state index >= 15 is 0 Å². The fraction of sp³-hybridized carbons (Fsp3) is 0.556. The van der Waals surface area contributed by atoms with Gasteiger partial charge in [0, 0.05) is 38.3 Å². The van der Waals surface area contributed by atoms with Crippen LogP contribution in [-0.2, 0) is 24.1 Å². The molecular weight excluding hydrogens is 418 g/mol. The van der Waals surface area contributed by atoms with E-state index in [0.29, 0.717) is 38.4 Å². The van der Waals surface area contributed by atoms with Gasteiger partial charge in [-0.05, 0) is 12.5 Å². The molecule has 0 saturated carbocycles. The second kappa shape index (κ2) is 8.96. The minimum atomic E-state index is -3.16. The molecule has 1 aromatic carbocycles. The first-order valence-electron chi connectivity index (χ1n) is 9.42. The molecule has 0 aliphatic carbocycles. The number of likely N-dealkylation sites (N-methyl/N-ethyl adjacent to an activating group) is 1. The molecule has 0 radical (unpaired) electrons. The lowest BCUT2D eigenvalue weighted by molar-refractivity contribution is -0.384. The highest BCUT2D eigenvalue weighted by Gasteiger charge is 2.33. The normalized spacial score (nSPS) is 20.6. The number of carbonyl (C=O) groups excluding carboxylic acids is 2. The summed E-state index contributed by atoms with van der Waals surface area (Å²) < 4.78 is 33.6. The van der Waals surface area contributed by atoms with E-state index < -0.39 is 39.3 Å². The SMILES string of the molecule is CN(C(=O)COC(=O)c1cc([N+](=O)[O-])ccc1N1CCOCC1)[C@H]1CCS(=O)(=O)C1. The van der Waals surface area contributed by atoms with Crippen molar-refractivity contribution in [1.82, 2.24) is 4.90 Å². The zero-order valence-electron chi connectivity index (χ0n) is 16.5. The lowest BCUT2D eigenvalue weighted by Gasteiger charge is -2.30. The summed E-state index contributed by atoms with van der Waals surface area (Å²) >= 11 is 0. The van der Waals surface area contributed by atoms with E-state index in [-0.39, 0.29) is 22.8 Å². The number of esters is 1. The molecule has 1 amide bonds. The van der Waals surface area contributed by atoms with Crippen LogP contribution in [0.1, 0.15) is 16.8 Å². The Kier molecular flexibility index (Phi) is 6.56. The number of nitro benzene ring substituents is 1. The van der Waals surface area contributed by atoms with Gasteiger partial charge in [-0.2, -0.15) is 0 Å². The Labute approximate surface area is 173 Å². The van der Waals surface area contributed by atoms with Crippen molar-refractivity contribution >= 4 is 33.1 Å². The number of amides is 1. The third-order valence-corrected chi connectivity index (χ3v) is 6.99. The molecule has 30 heavy (non-hydrogen) atoms. The van der Waals surface area contributed by atoms with Crippen molar-refractivity contribution in [3.63, 3.8) is 0 Å². The van der Waals surface area contributed by atoms with Gasteiger partial charge in [-0.15, -0.1) is 0 Å². The number of hydrogen-bond donors (Lipinski definition) is 0. The van der Waals surface area contributed by atoms with Gasteiger partial charge in [0.05, 0.1) is 40.9 Å². The number of ether oxygens (including phenoxy) is 2. The topological polar surface area (TPSA) is 136 Å². The van der Waals surface area contributed by atoms with Crippen molar-refractivity contribution in [2.45, 2.75) is 12.5 Å². The number of anilines is 1. The van der Waals surface area contributed by atoms with Gasteiger partial charge in [0.1, 0.15) is 0 Å². The lowest BCUT2D eigenvalue weighted by Crippen LogP contribution is -2.40. The predicted octanol–water partition coefficient (Wildman–Crippen LogP) is 0.234. The minimum absolute atomic E-state index is 0.00926. The Bertz CT molecular complexity index is 943. The van der Waals surface area contributed by atoms with E-state index in [1.165, 1.54) is 24.1 Å². The molecule has 2 aliphatic rings. The third-order valence-electron chi connectivity index (χ3n) is 5.24. The van der Waals surface area contributed by atoms with Crippen LogP contribution in [0.25, 0.3) is 0 Å². The van der Waals surface area contributed by atoms with E-state index in [9.17, 15) is 28.1 Å². The van der Waals surface area contributed by atoms with Gasteiger partial charge in [-0.3, -0.25) is 14.9 Å². The molecule has 11 nitrogen and oxygen atoms in total. The summed E-state index contributed by atoms with van der Waals surface area (Å²) in [6, 6.07) is 3.46. The second-order valence-corrected chi connectivity index (χ2v) is 9.42. The zero-order chi connectivity index (χ0) is 21.9. The maximum atomic E-state index is 12.7. The Morgan fingerprint density at radius 1 is 1.33 bits per heavy atom. The van der Waals surface area contributed by atoms with Crippen molar-refractivity contribution in [1.29, 1.82) is 0 Å². The van der Waals surface area contributed by atoms with E-state index in [1.54, 1.807) is 0 Å². The third kappa shape index (κ3) is 5.05. The number of hydrogen-bond acceptors (Lipinski definition) is 9. The predicted molar refractivity (Wildman–Crippen MR) is 106 cm³/mol. The number of morpholine rings is 1. The number of carbonyl (C=O) groups is 2. The maximum absolute atomic E-state index is 12.7. The molecule has 2 aliphatic heterocycles. The highest BCUT2D eigenvalue weighted by molar-refractivity contribution is 7.91. The lowest BCUT2D eigenvalue weighted by atomic mass is 10.1. The summed E-state index contributed by atoms with van der Waals surface area (Å²) in [7, 11) is -1.69. The van der Waals surface area contributed by atoms with Crippen LogP contribution in [-0.4, -0.2) is 87.6 Å². The summed E-state index contributed by atoms with van der Waals surface area (Å²) in [4.78, 5) is 38.7. The largest absolute Gasteiger partial charge is 0.452 e. The molecule has 0 aromatic heterocycles. The smallest absolute Gasteiger partial charge is 0.341 e. The van der Waals surface area contributed by atoms with Gasteiger partial charge in [0.25, 0.3) is 11.6 Å². The van der Waals surface area contributed by atoms with Gasteiger partial charge >= 0.3 is 5.97 Å². The molecule has 0 unspecified atom stereocenters. The van der Waals surface area contributed by atoms with Gasteiger partial charge in [0.15, 0.2) is 16.4 Å². The highest BCUT2D eigenvalue weighted by atomic mass is 32.2. The Hall–Kier alpha value is -2.73. The standard InChI is InChI=1S/C18H23N3O8S/c1-19(14-4-9-30(26,27)12-14)17(22)11-29-18(23)15-10-13(21(24)25)2-3-16(15)20-5-7-28-8-6-20/h2-3,10,14H,4-9,11-12H2,1H3/t14-/m0/s1. The maximum Gasteiger partial charge on any atom is 0.341 e. The van der Waals surface area contributed by atoms with Crippen molar-refractivity contribution in [3.05, 3.63) is 33.9 Å². The zero-order valence-corrected chi connectivity index (χ0v) is 17.3. The molecule has 12 heteroatoms. The average Bonchev–Trinajstić information content (AvgIpc) is 3.10. The van der Waals surface area contributed by atoms with E-state index in [2.05, 4.69) is 0 Å². The fourth-order valence-corrected chi connectivity index (χ4v) is 5.25. The minimum Gasteiger partial charge on any atom is -0.452 e. The summed E-state index contributed by atoms with van der Waals surface area (Å²) in [6.07, 6.45) is 0.338. The van der Waals surface area contributed by atoms with E-state index in [1.807, 2.05) is 4.90 Å². The molecule has 2 fully saturated rings. The average molecular weight is 441 g/mol. The van der Waals surface area contributed by atoms with Crippen molar-refractivity contribution in [3.8, 4) is 0 Å². The van der Waals surface area contributed by atoms with Gasteiger partial charge in [-0.25, -0.2) is 13.2 Å². The first kappa shape index (κ1) is 22.0. The van der Waals surface area contributed by atoms with Crippen LogP contribution in [0.2, 0.25) is 0 Å². The number of benzene rings is 1. The van der Waals surface area contributed by atoms with Crippen molar-refractivity contribution in [2.24, 2.45) is 0 Å². The molecule has 0 bridgehead atoms. The highest BCUT2D eigenvalue weighted by Crippen LogP contribution is 2.27. The van der Waals surface area contributed by atoms with Crippen molar-refractivity contribution < 1.29 is 32.4 Å². The Morgan fingerprint density at radius 2 is 2.03 bits per heavy atom. The molecule has 0 N–H and O–H groups in total. The van der Waals surface area contributed by atoms with E-state index in [4.69, 9.17) is 9.47 Å². The quantitative estimate of drug-likeness (QED) is 0.345. The summed E-state index contributed by atoms with van der Waals surface area (Å²) in [5.41, 5.74) is 0.195. The number of nitrogens with zero attached hydrogens (tertiary/aromatic N) is 3. The summed E-state index contributed by atoms with van der Waals surface area (Å²) in [5, 5.41) is 11.1. The van der Waals surface area contributed by atoms with Gasteiger partial charge in [0.2, 0.25) is 0 Å². The molecule has 164 valence electrons. The van der Waals surface area contributed by atoms with Crippen LogP contribution >= 0.6 is 0 Å². The van der Waals surface area contributed by atoms with E-state index in [0.717, 1.165) is 6.07 Å². The molecule has 2 saturated heterocycles. The van der Waals surface area contributed by atoms with Crippen LogP contribution < -0.4 is 4.90 Å². The fourth-order valence-electron chi connectivity index (χ4n) is 3.47. The Morgan fingerprint density at radius 3 is 2.63 bits per heavy atom. The van der Waals surface area contributed by atoms with Crippen LogP contribution in [0.5, 0.6) is 0 Å². The van der Waals surface area contributed by atoms with Gasteiger partial charge < -0.3 is 19.3 Å². The van der Waals surface area contributed by atoms with Crippen LogP contribution in [0.15, 0.2) is 18.2 Å². The second-order valence-electron chi connectivity index (χ2n) is 7.20. The molecule has 3 rings (SSSR count). The molecular formula is C18H23N3O8S. The van der Waals surface area contributed by atoms with Crippen LogP contribution in [0.3, 0.4) is 0 Å². The monoisotopic (exact) mass is 441 g/mol. The number of non-ortho nitro benzene ring substituents is 1. The number of rotatable bonds is 6. The van der Waals surface area contributed by atoms with Gasteiger partial charge in [-0.1, -0.05) is 0 Å². The van der Waals surface area contributed by atoms with Crippen LogP contribution in [0, 0.1) is 10.1 Å². The molecule has 0 spiro atoms.